The summed E-state index contributed by atoms with van der Waals surface area (Å²) >= 11 is 1.32. The maximum absolute atomic E-state index is 12.2. The van der Waals surface area contributed by atoms with Crippen LogP contribution in [-0.2, 0) is 16.1 Å². The normalized spacial score (nSPS) is 23.9. The van der Waals surface area contributed by atoms with Crippen molar-refractivity contribution < 1.29 is 9.59 Å². The molecule has 0 aromatic carbocycles. The third-order valence-corrected chi connectivity index (χ3v) is 5.76. The number of nitrogens with zero attached hydrogens (tertiary/aromatic N) is 3. The van der Waals surface area contributed by atoms with E-state index < -0.39 is 5.91 Å². The summed E-state index contributed by atoms with van der Waals surface area (Å²) in [4.78, 5) is 23.5. The van der Waals surface area contributed by atoms with Gasteiger partial charge in [0.05, 0.1) is 5.75 Å². The minimum Gasteiger partial charge on any atom is -0.368 e. The molecule has 2 atom stereocenters. The third kappa shape index (κ3) is 4.28. The molecular formula is C16H25N5O2S. The van der Waals surface area contributed by atoms with Crippen molar-refractivity contribution in [2.24, 2.45) is 11.7 Å². The second-order valence-electron chi connectivity index (χ2n) is 6.89. The van der Waals surface area contributed by atoms with E-state index in [1.165, 1.54) is 31.0 Å². The van der Waals surface area contributed by atoms with Crippen molar-refractivity contribution in [3.8, 4) is 0 Å². The number of carbonyl (C=O) groups excluding carboxylic acids is 2. The van der Waals surface area contributed by atoms with Crippen LogP contribution < -0.4 is 11.1 Å². The molecule has 2 aliphatic rings. The SMILES string of the molecule is C[C@@H]1CCCC[C@@H]1NC(=O)CSc1nnc(C2CC2)n1CC(N)=O. The fourth-order valence-corrected chi connectivity index (χ4v) is 4.02. The van der Waals surface area contributed by atoms with E-state index in [2.05, 4.69) is 22.4 Å². The number of nitrogens with two attached hydrogens (primary N) is 1. The topological polar surface area (TPSA) is 103 Å². The molecule has 0 radical (unpaired) electrons. The average Bonchev–Trinajstić information content (AvgIpc) is 3.30. The van der Waals surface area contributed by atoms with Gasteiger partial charge in [0.1, 0.15) is 12.4 Å². The number of primary amides is 1. The Bertz CT molecular complexity index is 614. The summed E-state index contributed by atoms with van der Waals surface area (Å²) in [7, 11) is 0. The molecule has 3 N–H and O–H groups in total. The number of nitrogens with one attached hydrogen (secondary N) is 1. The molecule has 0 aliphatic heterocycles. The van der Waals surface area contributed by atoms with Crippen molar-refractivity contribution in [2.45, 2.75) is 69.1 Å². The molecule has 3 rings (SSSR count). The quantitative estimate of drug-likeness (QED) is 0.723. The number of hydrogen-bond acceptors (Lipinski definition) is 5. The minimum absolute atomic E-state index is 0.0142. The van der Waals surface area contributed by atoms with E-state index in [4.69, 9.17) is 5.73 Å². The lowest BCUT2D eigenvalue weighted by Crippen LogP contribution is -2.41. The van der Waals surface area contributed by atoms with Crippen molar-refractivity contribution >= 4 is 23.6 Å². The lowest BCUT2D eigenvalue weighted by Gasteiger charge is -2.29. The smallest absolute Gasteiger partial charge is 0.237 e. The first-order valence-electron chi connectivity index (χ1n) is 8.68. The Kier molecular flexibility index (Phi) is 5.43. The van der Waals surface area contributed by atoms with Gasteiger partial charge >= 0.3 is 0 Å². The van der Waals surface area contributed by atoms with Gasteiger partial charge in [-0.15, -0.1) is 10.2 Å². The van der Waals surface area contributed by atoms with Gasteiger partial charge < -0.3 is 11.1 Å². The van der Waals surface area contributed by atoms with Gasteiger partial charge in [-0.05, 0) is 31.6 Å². The second kappa shape index (κ2) is 7.55. The molecule has 1 aromatic heterocycles. The Hall–Kier alpha value is -1.57. The molecule has 2 aliphatic carbocycles. The summed E-state index contributed by atoms with van der Waals surface area (Å²) < 4.78 is 1.77. The molecule has 24 heavy (non-hydrogen) atoms. The van der Waals surface area contributed by atoms with Crippen molar-refractivity contribution in [1.29, 1.82) is 0 Å². The highest BCUT2D eigenvalue weighted by Crippen LogP contribution is 2.40. The zero-order valence-electron chi connectivity index (χ0n) is 14.0. The van der Waals surface area contributed by atoms with Gasteiger partial charge in [-0.1, -0.05) is 31.5 Å². The lowest BCUT2D eigenvalue weighted by atomic mass is 9.86. The molecule has 132 valence electrons. The Morgan fingerprint density at radius 1 is 1.25 bits per heavy atom. The van der Waals surface area contributed by atoms with Crippen molar-refractivity contribution in [1.82, 2.24) is 20.1 Å². The molecule has 8 heteroatoms. The first-order valence-corrected chi connectivity index (χ1v) is 9.66. The van der Waals surface area contributed by atoms with Gasteiger partial charge in [0.15, 0.2) is 5.16 Å². The molecule has 0 bridgehead atoms. The van der Waals surface area contributed by atoms with Crippen LogP contribution in [0.2, 0.25) is 0 Å². The highest BCUT2D eigenvalue weighted by atomic mass is 32.2. The maximum atomic E-state index is 12.2. The fourth-order valence-electron chi connectivity index (χ4n) is 3.26. The zero-order valence-corrected chi connectivity index (χ0v) is 14.8. The summed E-state index contributed by atoms with van der Waals surface area (Å²) in [6, 6.07) is 0.275. The Morgan fingerprint density at radius 3 is 2.67 bits per heavy atom. The van der Waals surface area contributed by atoms with E-state index in [0.29, 0.717) is 17.0 Å². The predicted molar refractivity (Wildman–Crippen MR) is 91.5 cm³/mol. The van der Waals surface area contributed by atoms with Crippen LogP contribution in [-0.4, -0.2) is 38.4 Å². The standard InChI is InChI=1S/C16H25N5O2S/c1-10-4-2-3-5-12(10)18-14(23)9-24-16-20-19-15(11-6-7-11)21(16)8-13(17)22/h10-12H,2-9H2,1H3,(H2,17,22)(H,18,23)/t10-,12+/m1/s1. The van der Waals surface area contributed by atoms with Gasteiger partial charge in [-0.2, -0.15) is 0 Å². The molecule has 0 saturated heterocycles. The molecule has 2 fully saturated rings. The number of thioether (sulfide) groups is 1. The van der Waals surface area contributed by atoms with E-state index in [1.807, 2.05) is 0 Å². The van der Waals surface area contributed by atoms with E-state index in [-0.39, 0.29) is 24.2 Å². The molecular weight excluding hydrogens is 326 g/mol. The predicted octanol–water partition coefficient (Wildman–Crippen LogP) is 1.43. The number of carbonyl (C=O) groups is 2. The highest BCUT2D eigenvalue weighted by molar-refractivity contribution is 7.99. The molecule has 2 amide bonds. The average molecular weight is 351 g/mol. The second-order valence-corrected chi connectivity index (χ2v) is 7.83. The van der Waals surface area contributed by atoms with Crippen LogP contribution in [0.5, 0.6) is 0 Å². The van der Waals surface area contributed by atoms with Crippen LogP contribution in [0.15, 0.2) is 5.16 Å². The monoisotopic (exact) mass is 351 g/mol. The Balaban J connectivity index is 1.57. The summed E-state index contributed by atoms with van der Waals surface area (Å²) in [6.07, 6.45) is 6.81. The van der Waals surface area contributed by atoms with Gasteiger partial charge in [0.25, 0.3) is 0 Å². The number of rotatable bonds is 7. The molecule has 0 spiro atoms. The van der Waals surface area contributed by atoms with Crippen LogP contribution in [0.25, 0.3) is 0 Å². The summed E-state index contributed by atoms with van der Waals surface area (Å²) in [5.41, 5.74) is 5.33. The van der Waals surface area contributed by atoms with E-state index in [9.17, 15) is 9.59 Å². The Labute approximate surface area is 146 Å². The van der Waals surface area contributed by atoms with Crippen molar-refractivity contribution in [2.75, 3.05) is 5.75 Å². The van der Waals surface area contributed by atoms with E-state index >= 15 is 0 Å². The number of aromatic nitrogens is 3. The highest BCUT2D eigenvalue weighted by Gasteiger charge is 2.31. The fraction of sp³-hybridized carbons (Fsp3) is 0.750. The van der Waals surface area contributed by atoms with Crippen LogP contribution >= 0.6 is 11.8 Å². The van der Waals surface area contributed by atoms with Gasteiger partial charge in [0.2, 0.25) is 11.8 Å². The van der Waals surface area contributed by atoms with Crippen molar-refractivity contribution in [3.63, 3.8) is 0 Å². The summed E-state index contributed by atoms with van der Waals surface area (Å²) in [6.45, 7) is 2.27. The van der Waals surface area contributed by atoms with Crippen LogP contribution in [0.3, 0.4) is 0 Å². The van der Waals surface area contributed by atoms with E-state index in [0.717, 1.165) is 25.1 Å². The van der Waals surface area contributed by atoms with Gasteiger partial charge in [-0.25, -0.2) is 0 Å². The summed E-state index contributed by atoms with van der Waals surface area (Å²) in [5.74, 6) is 1.61. The van der Waals surface area contributed by atoms with Gasteiger partial charge in [-0.3, -0.25) is 14.2 Å². The Morgan fingerprint density at radius 2 is 2.00 bits per heavy atom. The third-order valence-electron chi connectivity index (χ3n) is 4.79. The molecule has 1 heterocycles. The first-order chi connectivity index (χ1) is 11.5. The van der Waals surface area contributed by atoms with Crippen LogP contribution in [0.4, 0.5) is 0 Å². The van der Waals surface area contributed by atoms with Crippen molar-refractivity contribution in [3.05, 3.63) is 5.82 Å². The van der Waals surface area contributed by atoms with Crippen LogP contribution in [0, 0.1) is 5.92 Å². The van der Waals surface area contributed by atoms with Crippen LogP contribution in [0.1, 0.15) is 57.2 Å². The molecule has 7 nitrogen and oxygen atoms in total. The first kappa shape index (κ1) is 17.3. The minimum atomic E-state index is -0.418. The maximum Gasteiger partial charge on any atom is 0.237 e. The number of hydrogen-bond donors (Lipinski definition) is 2. The summed E-state index contributed by atoms with van der Waals surface area (Å²) in [5, 5.41) is 12.1. The zero-order chi connectivity index (χ0) is 17.1. The van der Waals surface area contributed by atoms with E-state index in [1.54, 1.807) is 4.57 Å². The largest absolute Gasteiger partial charge is 0.368 e. The molecule has 0 unspecified atom stereocenters. The van der Waals surface area contributed by atoms with Gasteiger partial charge in [0, 0.05) is 12.0 Å². The molecule has 1 aromatic rings. The number of amides is 2. The molecule has 2 saturated carbocycles. The lowest BCUT2D eigenvalue weighted by molar-refractivity contribution is -0.120.